The molecule has 3 heteroatoms. The summed E-state index contributed by atoms with van der Waals surface area (Å²) < 4.78 is 0. The fraction of sp³-hybridized carbons (Fsp3) is 0.812. The lowest BCUT2D eigenvalue weighted by atomic mass is 9.86. The maximum absolute atomic E-state index is 4.89. The maximum atomic E-state index is 4.89. The smallest absolute Gasteiger partial charge is 0.114 e. The first-order valence-electron chi connectivity index (χ1n) is 7.50. The Hall–Kier alpha value is -0.410. The van der Waals surface area contributed by atoms with Crippen LogP contribution in [0.4, 0.5) is 0 Å². The molecule has 1 N–H and O–H groups in total. The van der Waals surface area contributed by atoms with Gasteiger partial charge in [0, 0.05) is 4.88 Å². The Kier molecular flexibility index (Phi) is 4.08. The van der Waals surface area contributed by atoms with Crippen LogP contribution in [0.1, 0.15) is 62.5 Å². The van der Waals surface area contributed by atoms with Crippen LogP contribution in [0.15, 0.2) is 0 Å². The molecule has 0 amide bonds. The van der Waals surface area contributed by atoms with E-state index < -0.39 is 0 Å². The molecule has 0 aliphatic heterocycles. The van der Waals surface area contributed by atoms with E-state index >= 15 is 0 Å². The fourth-order valence-corrected chi connectivity index (χ4v) is 4.81. The highest BCUT2D eigenvalue weighted by Crippen LogP contribution is 2.53. The van der Waals surface area contributed by atoms with Gasteiger partial charge in [0.1, 0.15) is 5.01 Å². The summed E-state index contributed by atoms with van der Waals surface area (Å²) in [6, 6.07) is 0. The van der Waals surface area contributed by atoms with Gasteiger partial charge < -0.3 is 5.32 Å². The third kappa shape index (κ3) is 2.73. The molecule has 108 valence electrons. The van der Waals surface area contributed by atoms with E-state index in [0.717, 1.165) is 6.54 Å². The maximum Gasteiger partial charge on any atom is 0.114 e. The Balaban J connectivity index is 2.40. The lowest BCUT2D eigenvalue weighted by Crippen LogP contribution is -2.45. The van der Waals surface area contributed by atoms with Crippen LogP contribution in [-0.4, -0.2) is 11.5 Å². The third-order valence-corrected chi connectivity index (χ3v) is 5.81. The highest BCUT2D eigenvalue weighted by molar-refractivity contribution is 7.11. The number of aromatic nitrogens is 1. The fourth-order valence-electron chi connectivity index (χ4n) is 3.61. The van der Waals surface area contributed by atoms with Crippen molar-refractivity contribution in [3.8, 4) is 0 Å². The quantitative estimate of drug-likeness (QED) is 0.883. The molecule has 0 bridgehead atoms. The lowest BCUT2D eigenvalue weighted by molar-refractivity contribution is 0.251. The predicted octanol–water partition coefficient (Wildman–Crippen LogP) is 4.41. The molecular formula is C16H28N2S. The van der Waals surface area contributed by atoms with Crippen molar-refractivity contribution < 1.29 is 0 Å². The molecule has 2 unspecified atom stereocenters. The van der Waals surface area contributed by atoms with Gasteiger partial charge in [-0.1, -0.05) is 27.7 Å². The first-order valence-corrected chi connectivity index (χ1v) is 8.32. The average Bonchev–Trinajstić information content (AvgIpc) is 2.75. The minimum Gasteiger partial charge on any atom is -0.305 e. The molecule has 0 radical (unpaired) electrons. The summed E-state index contributed by atoms with van der Waals surface area (Å²) in [5.74, 6) is 0.652. The molecule has 1 aliphatic carbocycles. The third-order valence-electron chi connectivity index (χ3n) is 4.56. The van der Waals surface area contributed by atoms with Crippen LogP contribution in [0.5, 0.6) is 0 Å². The van der Waals surface area contributed by atoms with Crippen molar-refractivity contribution in [3.05, 3.63) is 15.6 Å². The van der Waals surface area contributed by atoms with Gasteiger partial charge in [0.15, 0.2) is 0 Å². The van der Waals surface area contributed by atoms with Crippen molar-refractivity contribution in [1.82, 2.24) is 10.3 Å². The van der Waals surface area contributed by atoms with E-state index in [0.29, 0.717) is 11.3 Å². The van der Waals surface area contributed by atoms with E-state index in [1.165, 1.54) is 34.8 Å². The number of hydrogen-bond donors (Lipinski definition) is 1. The van der Waals surface area contributed by atoms with E-state index in [1.54, 1.807) is 0 Å². The number of hydrogen-bond acceptors (Lipinski definition) is 3. The van der Waals surface area contributed by atoms with Crippen LogP contribution < -0.4 is 5.32 Å². The van der Waals surface area contributed by atoms with E-state index in [-0.39, 0.29) is 5.54 Å². The monoisotopic (exact) mass is 280 g/mol. The van der Waals surface area contributed by atoms with Gasteiger partial charge in [-0.05, 0) is 51.0 Å². The Labute approximate surface area is 122 Å². The molecular weight excluding hydrogens is 252 g/mol. The minimum absolute atomic E-state index is 0.100. The molecule has 2 atom stereocenters. The number of thiazole rings is 1. The molecule has 19 heavy (non-hydrogen) atoms. The van der Waals surface area contributed by atoms with Gasteiger partial charge in [0.25, 0.3) is 0 Å². The van der Waals surface area contributed by atoms with Crippen molar-refractivity contribution in [2.24, 2.45) is 11.3 Å². The van der Waals surface area contributed by atoms with Gasteiger partial charge in [0.2, 0.25) is 0 Å². The summed E-state index contributed by atoms with van der Waals surface area (Å²) in [5.41, 5.74) is 1.71. The normalized spacial score (nSPS) is 29.9. The van der Waals surface area contributed by atoms with Gasteiger partial charge >= 0.3 is 0 Å². The van der Waals surface area contributed by atoms with Crippen molar-refractivity contribution >= 4 is 11.3 Å². The molecule has 0 aromatic carbocycles. The summed E-state index contributed by atoms with van der Waals surface area (Å²) in [6.45, 7) is 14.8. The van der Waals surface area contributed by atoms with Gasteiger partial charge in [-0.25, -0.2) is 4.98 Å². The first kappa shape index (κ1) is 15.0. The van der Waals surface area contributed by atoms with Crippen LogP contribution >= 0.6 is 11.3 Å². The summed E-state index contributed by atoms with van der Waals surface area (Å²) in [6.07, 6.45) is 3.66. The first-order chi connectivity index (χ1) is 8.81. The average molecular weight is 280 g/mol. The Bertz CT molecular complexity index is 430. The van der Waals surface area contributed by atoms with Crippen LogP contribution in [0, 0.1) is 25.2 Å². The minimum atomic E-state index is 0.100. The number of nitrogens with one attached hydrogen (secondary N) is 1. The Morgan fingerprint density at radius 3 is 2.47 bits per heavy atom. The second-order valence-corrected chi connectivity index (χ2v) is 8.21. The highest BCUT2D eigenvalue weighted by atomic mass is 32.1. The predicted molar refractivity (Wildman–Crippen MR) is 83.7 cm³/mol. The summed E-state index contributed by atoms with van der Waals surface area (Å²) in [4.78, 5) is 6.25. The summed E-state index contributed by atoms with van der Waals surface area (Å²) >= 11 is 1.89. The Morgan fingerprint density at radius 1 is 1.37 bits per heavy atom. The molecule has 0 spiro atoms. The van der Waals surface area contributed by atoms with Crippen LogP contribution in [0.3, 0.4) is 0 Å². The molecule has 1 fully saturated rings. The molecule has 2 rings (SSSR count). The van der Waals surface area contributed by atoms with Gasteiger partial charge in [0.05, 0.1) is 11.2 Å². The Morgan fingerprint density at radius 2 is 2.05 bits per heavy atom. The standard InChI is InChI=1S/C16H28N2S/c1-7-8-17-16(10-15(5,6)9-11(16)2)14-18-12(3)13(4)19-14/h11,17H,7-10H2,1-6H3. The molecule has 1 aromatic heterocycles. The van der Waals surface area contributed by atoms with Gasteiger partial charge in [-0.15, -0.1) is 11.3 Å². The zero-order valence-electron chi connectivity index (χ0n) is 13.3. The van der Waals surface area contributed by atoms with E-state index in [4.69, 9.17) is 4.98 Å². The molecule has 1 saturated carbocycles. The van der Waals surface area contributed by atoms with Gasteiger partial charge in [-0.3, -0.25) is 0 Å². The van der Waals surface area contributed by atoms with Crippen LogP contribution in [-0.2, 0) is 5.54 Å². The SMILES string of the molecule is CCCNC1(c2nc(C)c(C)s2)CC(C)(C)CC1C. The zero-order valence-corrected chi connectivity index (χ0v) is 14.1. The van der Waals surface area contributed by atoms with Crippen molar-refractivity contribution in [2.45, 2.75) is 66.3 Å². The number of nitrogens with zero attached hydrogens (tertiary/aromatic N) is 1. The lowest BCUT2D eigenvalue weighted by Gasteiger charge is -2.34. The summed E-state index contributed by atoms with van der Waals surface area (Å²) in [5, 5.41) is 5.17. The number of aryl methyl sites for hydroxylation is 2. The highest BCUT2D eigenvalue weighted by Gasteiger charge is 2.51. The van der Waals surface area contributed by atoms with E-state index in [9.17, 15) is 0 Å². The van der Waals surface area contributed by atoms with E-state index in [2.05, 4.69) is 46.9 Å². The topological polar surface area (TPSA) is 24.9 Å². The van der Waals surface area contributed by atoms with Crippen molar-refractivity contribution in [1.29, 1.82) is 0 Å². The largest absolute Gasteiger partial charge is 0.305 e. The molecule has 2 nitrogen and oxygen atoms in total. The van der Waals surface area contributed by atoms with E-state index in [1.807, 2.05) is 11.3 Å². The molecule has 1 aromatic rings. The van der Waals surface area contributed by atoms with Crippen molar-refractivity contribution in [3.63, 3.8) is 0 Å². The van der Waals surface area contributed by atoms with Crippen LogP contribution in [0.25, 0.3) is 0 Å². The second-order valence-electron chi connectivity index (χ2n) is 7.00. The number of rotatable bonds is 4. The van der Waals surface area contributed by atoms with Gasteiger partial charge in [-0.2, -0.15) is 0 Å². The second kappa shape index (κ2) is 5.17. The molecule has 1 heterocycles. The molecule has 1 aliphatic rings. The zero-order chi connectivity index (χ0) is 14.3. The molecule has 0 saturated heterocycles. The van der Waals surface area contributed by atoms with Crippen LogP contribution in [0.2, 0.25) is 0 Å². The summed E-state index contributed by atoms with van der Waals surface area (Å²) in [7, 11) is 0. The van der Waals surface area contributed by atoms with Crippen molar-refractivity contribution in [2.75, 3.05) is 6.54 Å².